The largest absolute Gasteiger partial charge is 0.481 e. The number of aliphatic carboxylic acids is 1. The van der Waals surface area contributed by atoms with Crippen LogP contribution in [-0.2, 0) is 4.79 Å². The molecule has 1 aromatic rings. The van der Waals surface area contributed by atoms with Crippen LogP contribution >= 0.6 is 11.3 Å². The lowest BCUT2D eigenvalue weighted by Crippen LogP contribution is -2.41. The van der Waals surface area contributed by atoms with E-state index in [9.17, 15) is 9.59 Å². The first kappa shape index (κ1) is 16.5. The molecule has 1 aromatic heterocycles. The Hall–Kier alpha value is -1.56. The maximum absolute atomic E-state index is 12.1. The highest BCUT2D eigenvalue weighted by molar-refractivity contribution is 7.10. The second-order valence-corrected chi connectivity index (χ2v) is 6.08. The zero-order chi connectivity index (χ0) is 15.1. The molecule has 0 saturated heterocycles. The lowest BCUT2D eigenvalue weighted by molar-refractivity contribution is -0.137. The quantitative estimate of drug-likeness (QED) is 0.813. The van der Waals surface area contributed by atoms with E-state index in [0.717, 1.165) is 4.88 Å². The van der Waals surface area contributed by atoms with Gasteiger partial charge < -0.3 is 15.3 Å². The van der Waals surface area contributed by atoms with Gasteiger partial charge in [-0.3, -0.25) is 4.79 Å². The Morgan fingerprint density at radius 3 is 2.65 bits per heavy atom. The highest BCUT2D eigenvalue weighted by Crippen LogP contribution is 2.25. The number of carbonyl (C=O) groups is 2. The first-order chi connectivity index (χ1) is 9.41. The molecule has 0 aliphatic heterocycles. The molecule has 20 heavy (non-hydrogen) atoms. The van der Waals surface area contributed by atoms with Crippen molar-refractivity contribution >= 4 is 23.3 Å². The van der Waals surface area contributed by atoms with Crippen LogP contribution in [0.1, 0.15) is 37.6 Å². The minimum atomic E-state index is -0.836. The number of thiophene rings is 1. The molecule has 0 aliphatic carbocycles. The van der Waals surface area contributed by atoms with Crippen molar-refractivity contribution in [3.8, 4) is 0 Å². The number of carbonyl (C=O) groups excluding carboxylic acids is 1. The van der Waals surface area contributed by atoms with Crippen LogP contribution in [0.2, 0.25) is 0 Å². The van der Waals surface area contributed by atoms with Crippen molar-refractivity contribution in [2.75, 3.05) is 13.6 Å². The van der Waals surface area contributed by atoms with Crippen molar-refractivity contribution in [1.82, 2.24) is 10.2 Å². The third-order valence-corrected chi connectivity index (χ3v) is 3.98. The van der Waals surface area contributed by atoms with E-state index >= 15 is 0 Å². The fourth-order valence-corrected chi connectivity index (χ4v) is 2.80. The van der Waals surface area contributed by atoms with E-state index in [-0.39, 0.29) is 18.5 Å². The summed E-state index contributed by atoms with van der Waals surface area (Å²) in [6, 6.07) is 3.81. The van der Waals surface area contributed by atoms with Crippen LogP contribution in [0.15, 0.2) is 17.5 Å². The van der Waals surface area contributed by atoms with Gasteiger partial charge in [-0.1, -0.05) is 19.9 Å². The molecule has 0 aromatic carbocycles. The van der Waals surface area contributed by atoms with Gasteiger partial charge in [0.2, 0.25) is 0 Å². The van der Waals surface area contributed by atoms with Gasteiger partial charge in [0.25, 0.3) is 0 Å². The van der Waals surface area contributed by atoms with Crippen LogP contribution in [0.4, 0.5) is 4.79 Å². The average molecular weight is 298 g/mol. The van der Waals surface area contributed by atoms with Crippen LogP contribution in [0.3, 0.4) is 0 Å². The van der Waals surface area contributed by atoms with Gasteiger partial charge in [0, 0.05) is 24.9 Å². The molecule has 5 nitrogen and oxygen atoms in total. The van der Waals surface area contributed by atoms with Gasteiger partial charge in [-0.25, -0.2) is 4.79 Å². The lowest BCUT2D eigenvalue weighted by atomic mass is 10.0. The molecule has 0 spiro atoms. The molecule has 0 fully saturated rings. The second-order valence-electron chi connectivity index (χ2n) is 5.11. The summed E-state index contributed by atoms with van der Waals surface area (Å²) in [7, 11) is 1.68. The summed E-state index contributed by atoms with van der Waals surface area (Å²) in [5.41, 5.74) is 0. The van der Waals surface area contributed by atoms with E-state index in [1.807, 2.05) is 17.5 Å². The zero-order valence-corrected chi connectivity index (χ0v) is 12.9. The molecule has 2 amide bonds. The molecular formula is C14H22N2O3S. The number of nitrogens with zero attached hydrogens (tertiary/aromatic N) is 1. The van der Waals surface area contributed by atoms with E-state index in [4.69, 9.17) is 5.11 Å². The fourth-order valence-electron chi connectivity index (χ4n) is 1.85. The van der Waals surface area contributed by atoms with Crippen LogP contribution in [0.5, 0.6) is 0 Å². The Bertz CT molecular complexity index is 432. The Labute approximate surface area is 123 Å². The highest BCUT2D eigenvalue weighted by Gasteiger charge is 2.20. The summed E-state index contributed by atoms with van der Waals surface area (Å²) in [5, 5.41) is 13.6. The van der Waals surface area contributed by atoms with Crippen LogP contribution in [0, 0.1) is 5.92 Å². The molecule has 0 aliphatic rings. The maximum Gasteiger partial charge on any atom is 0.317 e. The topological polar surface area (TPSA) is 69.6 Å². The summed E-state index contributed by atoms with van der Waals surface area (Å²) in [4.78, 5) is 25.2. The molecule has 1 atom stereocenters. The molecule has 1 rings (SSSR count). The molecule has 0 bridgehead atoms. The molecule has 1 heterocycles. The molecule has 0 saturated carbocycles. The number of urea groups is 1. The molecule has 6 heteroatoms. The van der Waals surface area contributed by atoms with Gasteiger partial charge in [-0.05, 0) is 23.8 Å². The molecule has 2 N–H and O–H groups in total. The molecular weight excluding hydrogens is 276 g/mol. The third kappa shape index (κ3) is 5.21. The van der Waals surface area contributed by atoms with Crippen molar-refractivity contribution in [2.45, 2.75) is 32.7 Å². The summed E-state index contributed by atoms with van der Waals surface area (Å²) in [5.74, 6) is -0.539. The molecule has 1 unspecified atom stereocenters. The Balaban J connectivity index is 2.51. The normalized spacial score (nSPS) is 12.2. The number of hydrogen-bond acceptors (Lipinski definition) is 3. The van der Waals surface area contributed by atoms with Crippen molar-refractivity contribution in [1.29, 1.82) is 0 Å². The van der Waals surface area contributed by atoms with E-state index in [1.165, 1.54) is 4.90 Å². The van der Waals surface area contributed by atoms with Crippen molar-refractivity contribution in [2.24, 2.45) is 5.92 Å². The van der Waals surface area contributed by atoms with Gasteiger partial charge in [0.05, 0.1) is 6.04 Å². The van der Waals surface area contributed by atoms with Gasteiger partial charge in [0.1, 0.15) is 0 Å². The van der Waals surface area contributed by atoms with Crippen LogP contribution in [0.25, 0.3) is 0 Å². The van der Waals surface area contributed by atoms with Gasteiger partial charge in [-0.15, -0.1) is 11.3 Å². The van der Waals surface area contributed by atoms with E-state index < -0.39 is 5.97 Å². The Kier molecular flexibility index (Phi) is 6.51. The summed E-state index contributed by atoms with van der Waals surface area (Å²) < 4.78 is 0. The minimum Gasteiger partial charge on any atom is -0.481 e. The molecule has 112 valence electrons. The number of carboxylic acid groups (broad SMARTS) is 1. The average Bonchev–Trinajstić information content (AvgIpc) is 2.88. The Morgan fingerprint density at radius 1 is 1.45 bits per heavy atom. The third-order valence-electron chi connectivity index (χ3n) is 3.03. The van der Waals surface area contributed by atoms with Crippen molar-refractivity contribution < 1.29 is 14.7 Å². The summed E-state index contributed by atoms with van der Waals surface area (Å²) >= 11 is 1.62. The predicted octanol–water partition coefficient (Wildman–Crippen LogP) is 2.95. The second kappa shape index (κ2) is 7.89. The van der Waals surface area contributed by atoms with E-state index in [1.54, 1.807) is 18.4 Å². The van der Waals surface area contributed by atoms with E-state index in [2.05, 4.69) is 19.2 Å². The fraction of sp³-hybridized carbons (Fsp3) is 0.571. The SMILES string of the molecule is CC(C)C(NC(=O)N(C)CCCC(=O)O)c1cccs1. The smallest absolute Gasteiger partial charge is 0.317 e. The number of rotatable bonds is 7. The van der Waals surface area contributed by atoms with Crippen LogP contribution < -0.4 is 5.32 Å². The highest BCUT2D eigenvalue weighted by atomic mass is 32.1. The number of nitrogens with one attached hydrogen (secondary N) is 1. The zero-order valence-electron chi connectivity index (χ0n) is 12.1. The predicted molar refractivity (Wildman–Crippen MR) is 79.9 cm³/mol. The molecule has 0 radical (unpaired) electrons. The number of hydrogen-bond donors (Lipinski definition) is 2. The summed E-state index contributed by atoms with van der Waals surface area (Å²) in [6.07, 6.45) is 0.542. The number of amides is 2. The maximum atomic E-state index is 12.1. The van der Waals surface area contributed by atoms with Gasteiger partial charge in [-0.2, -0.15) is 0 Å². The van der Waals surface area contributed by atoms with E-state index in [0.29, 0.717) is 18.9 Å². The van der Waals surface area contributed by atoms with Crippen LogP contribution in [-0.4, -0.2) is 35.6 Å². The minimum absolute atomic E-state index is 0.00979. The van der Waals surface area contributed by atoms with Crippen molar-refractivity contribution in [3.63, 3.8) is 0 Å². The first-order valence-corrected chi connectivity index (χ1v) is 7.56. The standard InChI is InChI=1S/C14H22N2O3S/c1-10(2)13(11-6-5-9-20-11)15-14(19)16(3)8-4-7-12(17)18/h5-6,9-10,13H,4,7-8H2,1-3H3,(H,15,19)(H,17,18). The lowest BCUT2D eigenvalue weighted by Gasteiger charge is -2.25. The number of carboxylic acids is 1. The van der Waals surface area contributed by atoms with Gasteiger partial charge in [0.15, 0.2) is 0 Å². The Morgan fingerprint density at radius 2 is 2.15 bits per heavy atom. The summed E-state index contributed by atoms with van der Waals surface area (Å²) in [6.45, 7) is 4.57. The monoisotopic (exact) mass is 298 g/mol. The van der Waals surface area contributed by atoms with Gasteiger partial charge >= 0.3 is 12.0 Å². The first-order valence-electron chi connectivity index (χ1n) is 6.68. The van der Waals surface area contributed by atoms with Crippen molar-refractivity contribution in [3.05, 3.63) is 22.4 Å².